The summed E-state index contributed by atoms with van der Waals surface area (Å²) in [5.74, 6) is -0.444. The van der Waals surface area contributed by atoms with Gasteiger partial charge >= 0.3 is 16.8 Å². The summed E-state index contributed by atoms with van der Waals surface area (Å²) in [6.07, 6.45) is 14.3. The van der Waals surface area contributed by atoms with Crippen LogP contribution in [-0.2, 0) is 16.8 Å². The SMILES string of the molecule is O=[N+]([O-])c1ccc([O-])c(C=NC2CCCCC2)c1.O=[N+]([O-])c1ccc([O-])c(C=NC2CCCCC2)c1.[Co+2]. The molecule has 199 valence electrons. The molecule has 2 aromatic rings. The molecular formula is C26H30CoN4O6. The number of hydrogen-bond acceptors (Lipinski definition) is 8. The van der Waals surface area contributed by atoms with Crippen LogP contribution in [0, 0.1) is 20.2 Å². The van der Waals surface area contributed by atoms with Gasteiger partial charge in [0.05, 0.1) is 9.85 Å². The van der Waals surface area contributed by atoms with Crippen molar-refractivity contribution in [2.45, 2.75) is 76.3 Å². The Morgan fingerprint density at radius 2 is 1.00 bits per heavy atom. The van der Waals surface area contributed by atoms with Crippen molar-refractivity contribution in [3.63, 3.8) is 0 Å². The van der Waals surface area contributed by atoms with Gasteiger partial charge in [0.15, 0.2) is 0 Å². The Bertz CT molecular complexity index is 1020. The third kappa shape index (κ3) is 9.58. The van der Waals surface area contributed by atoms with Gasteiger partial charge in [-0.3, -0.25) is 30.2 Å². The summed E-state index contributed by atoms with van der Waals surface area (Å²) in [6.45, 7) is 0. The first-order chi connectivity index (χ1) is 17.3. The van der Waals surface area contributed by atoms with Crippen molar-refractivity contribution in [3.8, 4) is 11.5 Å². The molecule has 2 aromatic carbocycles. The number of rotatable bonds is 6. The van der Waals surface area contributed by atoms with E-state index in [0.717, 1.165) is 25.7 Å². The van der Waals surface area contributed by atoms with Crippen molar-refractivity contribution in [1.82, 2.24) is 0 Å². The van der Waals surface area contributed by atoms with Crippen molar-refractivity contribution in [1.29, 1.82) is 0 Å². The van der Waals surface area contributed by atoms with Crippen LogP contribution in [0.25, 0.3) is 0 Å². The molecule has 0 atom stereocenters. The minimum atomic E-state index is -0.503. The second kappa shape index (κ2) is 15.1. The maximum absolute atomic E-state index is 11.6. The van der Waals surface area contributed by atoms with Crippen LogP contribution in [0.5, 0.6) is 11.5 Å². The average molecular weight is 553 g/mol. The van der Waals surface area contributed by atoms with Crippen molar-refractivity contribution >= 4 is 23.8 Å². The molecule has 0 aromatic heterocycles. The van der Waals surface area contributed by atoms with E-state index in [1.54, 1.807) is 0 Å². The van der Waals surface area contributed by atoms with Crippen molar-refractivity contribution < 1.29 is 36.8 Å². The fourth-order valence-electron chi connectivity index (χ4n) is 4.33. The van der Waals surface area contributed by atoms with E-state index in [-0.39, 0.29) is 51.7 Å². The van der Waals surface area contributed by atoms with Gasteiger partial charge in [0.1, 0.15) is 0 Å². The third-order valence-electron chi connectivity index (χ3n) is 6.41. The van der Waals surface area contributed by atoms with Crippen LogP contribution in [0.3, 0.4) is 0 Å². The second-order valence-corrected chi connectivity index (χ2v) is 9.10. The summed E-state index contributed by atoms with van der Waals surface area (Å²) in [5.41, 5.74) is 0.462. The zero-order valence-corrected chi connectivity index (χ0v) is 21.5. The van der Waals surface area contributed by atoms with Gasteiger partial charge in [-0.15, -0.1) is 0 Å². The summed E-state index contributed by atoms with van der Waals surface area (Å²) in [6, 6.07) is 7.99. The van der Waals surface area contributed by atoms with Crippen LogP contribution in [0.4, 0.5) is 11.4 Å². The molecule has 4 rings (SSSR count). The van der Waals surface area contributed by atoms with E-state index in [2.05, 4.69) is 9.98 Å². The molecule has 0 amide bonds. The van der Waals surface area contributed by atoms with E-state index in [4.69, 9.17) is 0 Å². The predicted molar refractivity (Wildman–Crippen MR) is 134 cm³/mol. The van der Waals surface area contributed by atoms with Crippen molar-refractivity contribution in [2.24, 2.45) is 9.98 Å². The fourth-order valence-corrected chi connectivity index (χ4v) is 4.33. The quantitative estimate of drug-likeness (QED) is 0.283. The third-order valence-corrected chi connectivity index (χ3v) is 6.41. The Morgan fingerprint density at radius 1 is 0.649 bits per heavy atom. The monoisotopic (exact) mass is 553 g/mol. The molecule has 2 aliphatic rings. The maximum Gasteiger partial charge on any atom is 2.00 e. The minimum absolute atomic E-state index is 0. The van der Waals surface area contributed by atoms with Gasteiger partial charge in [-0.05, 0) is 36.8 Å². The predicted octanol–water partition coefficient (Wildman–Crippen LogP) is 4.84. The molecule has 2 fully saturated rings. The van der Waals surface area contributed by atoms with E-state index in [9.17, 15) is 30.4 Å². The van der Waals surface area contributed by atoms with Crippen LogP contribution in [0.15, 0.2) is 46.4 Å². The molecule has 0 aliphatic heterocycles. The molecule has 0 N–H and O–H groups in total. The minimum Gasteiger partial charge on any atom is -0.872 e. The van der Waals surface area contributed by atoms with Crippen molar-refractivity contribution in [2.75, 3.05) is 0 Å². The molecule has 0 unspecified atom stereocenters. The van der Waals surface area contributed by atoms with Gasteiger partial charge in [0.2, 0.25) is 0 Å². The molecular weight excluding hydrogens is 523 g/mol. The molecule has 2 aliphatic carbocycles. The zero-order valence-electron chi connectivity index (χ0n) is 20.4. The Kier molecular flexibility index (Phi) is 12.2. The molecule has 0 bridgehead atoms. The molecule has 0 saturated heterocycles. The van der Waals surface area contributed by atoms with Gasteiger partial charge < -0.3 is 10.2 Å². The van der Waals surface area contributed by atoms with E-state index in [0.29, 0.717) is 11.1 Å². The van der Waals surface area contributed by atoms with Crippen LogP contribution in [-0.4, -0.2) is 34.4 Å². The van der Waals surface area contributed by atoms with Gasteiger partial charge in [-0.1, -0.05) is 62.2 Å². The van der Waals surface area contributed by atoms with Crippen LogP contribution in [0.2, 0.25) is 0 Å². The van der Waals surface area contributed by atoms with Crippen molar-refractivity contribution in [3.05, 3.63) is 67.8 Å². The summed E-state index contributed by atoms with van der Waals surface area (Å²) in [5, 5.41) is 44.4. The Hall–Kier alpha value is -3.31. The van der Waals surface area contributed by atoms with E-state index < -0.39 is 9.85 Å². The maximum atomic E-state index is 11.6. The molecule has 10 nitrogen and oxygen atoms in total. The van der Waals surface area contributed by atoms with E-state index in [1.165, 1.54) is 87.4 Å². The summed E-state index contributed by atoms with van der Waals surface area (Å²) >= 11 is 0. The Morgan fingerprint density at radius 3 is 1.32 bits per heavy atom. The second-order valence-electron chi connectivity index (χ2n) is 9.10. The molecule has 0 spiro atoms. The van der Waals surface area contributed by atoms with Crippen LogP contribution < -0.4 is 10.2 Å². The van der Waals surface area contributed by atoms with Crippen LogP contribution >= 0.6 is 0 Å². The first kappa shape index (κ1) is 29.9. The molecule has 1 radical (unpaired) electrons. The normalized spacial score (nSPS) is 16.6. The van der Waals surface area contributed by atoms with Gasteiger partial charge in [-0.25, -0.2) is 0 Å². The largest absolute Gasteiger partial charge is 2.00 e. The summed E-state index contributed by atoms with van der Waals surface area (Å²) in [7, 11) is 0. The smallest absolute Gasteiger partial charge is 0.872 e. The molecule has 2 saturated carbocycles. The van der Waals surface area contributed by atoms with Gasteiger partial charge in [-0.2, -0.15) is 0 Å². The Labute approximate surface area is 226 Å². The fraction of sp³-hybridized carbons (Fsp3) is 0.462. The number of aliphatic imine (C=N–C) groups is 2. The standard InChI is InChI=1S/2C13H16N2O3.Co/c2*16-13-7-6-12(15(17)18)8-10(13)9-14-11-4-2-1-3-5-11;/h2*6-9,11,16H,1-5H2;/q;;+2/p-2. The number of nitro benzene ring substituents is 2. The molecule has 11 heteroatoms. The number of nitro groups is 2. The number of benzene rings is 2. The topological polar surface area (TPSA) is 157 Å². The number of non-ortho nitro benzene ring substituents is 2. The molecule has 37 heavy (non-hydrogen) atoms. The Balaban J connectivity index is 0.000000253. The first-order valence-corrected chi connectivity index (χ1v) is 12.3. The van der Waals surface area contributed by atoms with Gasteiger partial charge in [0.25, 0.3) is 11.4 Å². The zero-order chi connectivity index (χ0) is 25.9. The first-order valence-electron chi connectivity index (χ1n) is 12.3. The number of nitrogens with zero attached hydrogens (tertiary/aromatic N) is 4. The summed E-state index contributed by atoms with van der Waals surface area (Å²) in [4.78, 5) is 29.0. The average Bonchev–Trinajstić information content (AvgIpc) is 2.89. The van der Waals surface area contributed by atoms with Crippen LogP contribution in [0.1, 0.15) is 75.3 Å². The van der Waals surface area contributed by atoms with E-state index >= 15 is 0 Å². The summed E-state index contributed by atoms with van der Waals surface area (Å²) < 4.78 is 0. The van der Waals surface area contributed by atoms with Gasteiger partial charge in [0, 0.05) is 48.8 Å². The number of hydrogen-bond donors (Lipinski definition) is 0. The van der Waals surface area contributed by atoms with E-state index in [1.807, 2.05) is 0 Å². The molecule has 0 heterocycles.